The second-order valence-electron chi connectivity index (χ2n) is 3.37. The molecule has 92 valence electrons. The molecule has 1 atom stereocenters. The summed E-state index contributed by atoms with van der Waals surface area (Å²) in [5.41, 5.74) is 10.1. The number of nitrogens with two attached hydrogens (primary N) is 2. The summed E-state index contributed by atoms with van der Waals surface area (Å²) in [6, 6.07) is -1.25. The molecule has 7 nitrogen and oxygen atoms in total. The van der Waals surface area contributed by atoms with Crippen LogP contribution >= 0.6 is 0 Å². The highest BCUT2D eigenvalue weighted by molar-refractivity contribution is 5.88. The Hall–Kier alpha value is -1.63. The van der Waals surface area contributed by atoms with Gasteiger partial charge in [-0.15, -0.1) is 0 Å². The lowest BCUT2D eigenvalue weighted by molar-refractivity contribution is -0.143. The summed E-state index contributed by atoms with van der Waals surface area (Å²) in [5, 5.41) is 10.9. The number of unbranched alkanes of at least 4 members (excludes halogenated alkanes) is 1. The molecule has 0 radical (unpaired) electrons. The minimum absolute atomic E-state index is 0.194. The molecule has 7 heteroatoms. The van der Waals surface area contributed by atoms with Gasteiger partial charge in [-0.3, -0.25) is 9.59 Å². The number of carbonyl (C=O) groups excluding carboxylic acids is 2. The molecule has 0 aliphatic carbocycles. The van der Waals surface area contributed by atoms with Crippen LogP contribution in [0, 0.1) is 0 Å². The van der Waals surface area contributed by atoms with Gasteiger partial charge in [-0.25, -0.2) is 4.79 Å². The van der Waals surface area contributed by atoms with Crippen LogP contribution in [0.5, 0.6) is 0 Å². The summed E-state index contributed by atoms with van der Waals surface area (Å²) in [5.74, 6) is -2.46. The molecule has 0 spiro atoms. The SMILES string of the molecule is NCCCCC(=O)N[C@H](CC(N)=O)C(=O)O. The fourth-order valence-corrected chi connectivity index (χ4v) is 1.10. The minimum atomic E-state index is -1.27. The highest BCUT2D eigenvalue weighted by Gasteiger charge is 2.21. The summed E-state index contributed by atoms with van der Waals surface area (Å²) in [6.45, 7) is 0.483. The number of hydrogen-bond donors (Lipinski definition) is 4. The lowest BCUT2D eigenvalue weighted by Crippen LogP contribution is -2.43. The number of nitrogens with one attached hydrogen (secondary N) is 1. The van der Waals surface area contributed by atoms with E-state index < -0.39 is 30.2 Å². The van der Waals surface area contributed by atoms with E-state index in [4.69, 9.17) is 16.6 Å². The van der Waals surface area contributed by atoms with Gasteiger partial charge in [0.15, 0.2) is 0 Å². The fourth-order valence-electron chi connectivity index (χ4n) is 1.10. The maximum atomic E-state index is 11.2. The molecule has 0 heterocycles. The molecule has 0 unspecified atom stereocenters. The Balaban J connectivity index is 4.03. The van der Waals surface area contributed by atoms with Crippen LogP contribution in [-0.4, -0.2) is 35.5 Å². The van der Waals surface area contributed by atoms with E-state index in [1.165, 1.54) is 0 Å². The van der Waals surface area contributed by atoms with E-state index in [-0.39, 0.29) is 6.42 Å². The first-order valence-corrected chi connectivity index (χ1v) is 4.98. The van der Waals surface area contributed by atoms with Crippen molar-refractivity contribution in [2.45, 2.75) is 31.7 Å². The molecule has 2 amide bonds. The highest BCUT2D eigenvalue weighted by Crippen LogP contribution is 1.97. The average molecular weight is 231 g/mol. The van der Waals surface area contributed by atoms with Gasteiger partial charge in [-0.1, -0.05) is 0 Å². The first kappa shape index (κ1) is 14.4. The van der Waals surface area contributed by atoms with E-state index in [0.29, 0.717) is 19.4 Å². The van der Waals surface area contributed by atoms with Gasteiger partial charge in [0.1, 0.15) is 6.04 Å². The molecular weight excluding hydrogens is 214 g/mol. The first-order chi connectivity index (χ1) is 7.47. The van der Waals surface area contributed by atoms with E-state index in [2.05, 4.69) is 5.32 Å². The lowest BCUT2D eigenvalue weighted by atomic mass is 10.1. The second kappa shape index (κ2) is 7.63. The van der Waals surface area contributed by atoms with E-state index in [9.17, 15) is 14.4 Å². The van der Waals surface area contributed by atoms with E-state index in [1.54, 1.807) is 0 Å². The molecule has 0 saturated carbocycles. The summed E-state index contributed by atoms with van der Waals surface area (Å²) in [4.78, 5) is 32.5. The number of aliphatic carboxylic acids is 1. The number of carboxylic acids is 1. The average Bonchev–Trinajstić information content (AvgIpc) is 2.16. The summed E-state index contributed by atoms with van der Waals surface area (Å²) in [7, 11) is 0. The number of hydrogen-bond acceptors (Lipinski definition) is 4. The van der Waals surface area contributed by atoms with Gasteiger partial charge in [-0.05, 0) is 19.4 Å². The van der Waals surface area contributed by atoms with Gasteiger partial charge in [0.25, 0.3) is 0 Å². The largest absolute Gasteiger partial charge is 0.480 e. The zero-order valence-corrected chi connectivity index (χ0v) is 8.94. The van der Waals surface area contributed by atoms with Crippen LogP contribution in [0.3, 0.4) is 0 Å². The van der Waals surface area contributed by atoms with E-state index in [1.807, 2.05) is 0 Å². The number of carboxylic acid groups (broad SMARTS) is 1. The Morgan fingerprint density at radius 2 is 1.88 bits per heavy atom. The molecular formula is C9H17N3O4. The monoisotopic (exact) mass is 231 g/mol. The minimum Gasteiger partial charge on any atom is -0.480 e. The van der Waals surface area contributed by atoms with E-state index in [0.717, 1.165) is 0 Å². The fraction of sp³-hybridized carbons (Fsp3) is 0.667. The van der Waals surface area contributed by atoms with Gasteiger partial charge in [0.2, 0.25) is 11.8 Å². The van der Waals surface area contributed by atoms with Crippen molar-refractivity contribution in [3.05, 3.63) is 0 Å². The van der Waals surface area contributed by atoms with Gasteiger partial charge >= 0.3 is 5.97 Å². The van der Waals surface area contributed by atoms with Gasteiger partial charge in [0.05, 0.1) is 6.42 Å². The molecule has 0 rings (SSSR count). The second-order valence-corrected chi connectivity index (χ2v) is 3.37. The molecule has 0 bridgehead atoms. The summed E-state index contributed by atoms with van der Waals surface area (Å²) >= 11 is 0. The van der Waals surface area contributed by atoms with Gasteiger partial charge in [0, 0.05) is 6.42 Å². The van der Waals surface area contributed by atoms with Crippen molar-refractivity contribution in [2.24, 2.45) is 11.5 Å². The molecule has 0 aromatic heterocycles. The maximum Gasteiger partial charge on any atom is 0.326 e. The Bertz CT molecular complexity index is 267. The molecule has 0 saturated heterocycles. The van der Waals surface area contributed by atoms with Crippen molar-refractivity contribution in [1.29, 1.82) is 0 Å². The Kier molecular flexibility index (Phi) is 6.86. The third-order valence-corrected chi connectivity index (χ3v) is 1.90. The zero-order chi connectivity index (χ0) is 12.6. The normalized spacial score (nSPS) is 11.8. The van der Waals surface area contributed by atoms with Gasteiger partial charge < -0.3 is 21.9 Å². The molecule has 0 fully saturated rings. The maximum absolute atomic E-state index is 11.2. The Morgan fingerprint density at radius 1 is 1.25 bits per heavy atom. The van der Waals surface area contributed by atoms with Crippen LogP contribution < -0.4 is 16.8 Å². The van der Waals surface area contributed by atoms with Crippen LogP contribution in [0.2, 0.25) is 0 Å². The number of carbonyl (C=O) groups is 3. The van der Waals surface area contributed by atoms with Crippen LogP contribution in [0.15, 0.2) is 0 Å². The molecule has 0 aliphatic rings. The van der Waals surface area contributed by atoms with Crippen molar-refractivity contribution in [3.8, 4) is 0 Å². The van der Waals surface area contributed by atoms with Crippen LogP contribution in [0.25, 0.3) is 0 Å². The first-order valence-electron chi connectivity index (χ1n) is 4.98. The predicted octanol–water partition coefficient (Wildman–Crippen LogP) is -1.44. The number of primary amides is 1. The highest BCUT2D eigenvalue weighted by atomic mass is 16.4. The summed E-state index contributed by atoms with van der Waals surface area (Å²) in [6.07, 6.45) is 1.07. The van der Waals surface area contributed by atoms with Crippen LogP contribution in [0.1, 0.15) is 25.7 Å². The third kappa shape index (κ3) is 6.77. The van der Waals surface area contributed by atoms with Crippen LogP contribution in [-0.2, 0) is 14.4 Å². The number of amides is 2. The smallest absolute Gasteiger partial charge is 0.326 e. The van der Waals surface area contributed by atoms with Crippen molar-refractivity contribution < 1.29 is 19.5 Å². The molecule has 0 aromatic rings. The quantitative estimate of drug-likeness (QED) is 0.379. The lowest BCUT2D eigenvalue weighted by Gasteiger charge is -2.12. The molecule has 16 heavy (non-hydrogen) atoms. The number of rotatable bonds is 8. The predicted molar refractivity (Wildman–Crippen MR) is 56.3 cm³/mol. The zero-order valence-electron chi connectivity index (χ0n) is 8.94. The molecule has 0 aliphatic heterocycles. The molecule has 0 aromatic carbocycles. The van der Waals surface area contributed by atoms with Gasteiger partial charge in [-0.2, -0.15) is 0 Å². The van der Waals surface area contributed by atoms with Crippen molar-refractivity contribution in [3.63, 3.8) is 0 Å². The standard InChI is InChI=1S/C9H17N3O4/c10-4-2-1-3-8(14)12-6(9(15)16)5-7(11)13/h6H,1-5,10H2,(H2,11,13)(H,12,14)(H,15,16)/t6-/m1/s1. The third-order valence-electron chi connectivity index (χ3n) is 1.90. The Labute approximate surface area is 93.2 Å². The van der Waals surface area contributed by atoms with Crippen molar-refractivity contribution in [2.75, 3.05) is 6.54 Å². The molecule has 6 N–H and O–H groups in total. The topological polar surface area (TPSA) is 136 Å². The van der Waals surface area contributed by atoms with Crippen molar-refractivity contribution in [1.82, 2.24) is 5.32 Å². The van der Waals surface area contributed by atoms with Crippen LogP contribution in [0.4, 0.5) is 0 Å². The van der Waals surface area contributed by atoms with E-state index >= 15 is 0 Å². The Morgan fingerprint density at radius 3 is 2.31 bits per heavy atom. The van der Waals surface area contributed by atoms with Crippen molar-refractivity contribution >= 4 is 17.8 Å². The summed E-state index contributed by atoms with van der Waals surface area (Å²) < 4.78 is 0.